The van der Waals surface area contributed by atoms with Crippen LogP contribution in [0.15, 0.2) is 53.4 Å². The zero-order valence-electron chi connectivity index (χ0n) is 26.1. The first-order valence-electron chi connectivity index (χ1n) is 15.2. The average Bonchev–Trinajstić information content (AvgIpc) is 3.48. The Balaban J connectivity index is 1.54. The minimum absolute atomic E-state index is 0.0629. The van der Waals surface area contributed by atoms with Gasteiger partial charge in [-0.15, -0.1) is 0 Å². The molecule has 12 nitrogen and oxygen atoms in total. The van der Waals surface area contributed by atoms with Gasteiger partial charge in [0.15, 0.2) is 0 Å². The summed E-state index contributed by atoms with van der Waals surface area (Å²) >= 11 is 0. The number of aryl methyl sites for hydroxylation is 1. The van der Waals surface area contributed by atoms with Crippen LogP contribution in [0.2, 0.25) is 0 Å². The number of piperidine rings is 1. The zero-order chi connectivity index (χ0) is 32.9. The second-order valence-electron chi connectivity index (χ2n) is 12.5. The molecule has 4 rings (SSSR count). The number of aliphatic carboxylic acids is 1. The molecule has 0 spiro atoms. The molecular weight excluding hydrogens is 600 g/mol. The molecule has 0 unspecified atom stereocenters. The number of hydrogen-bond donors (Lipinski definition) is 3. The van der Waals surface area contributed by atoms with Crippen molar-refractivity contribution in [2.24, 2.45) is 5.92 Å². The molecule has 0 aliphatic carbocycles. The molecule has 2 aliphatic rings. The van der Waals surface area contributed by atoms with Crippen LogP contribution in [-0.4, -0.2) is 79.0 Å². The van der Waals surface area contributed by atoms with Gasteiger partial charge in [0, 0.05) is 18.9 Å². The summed E-state index contributed by atoms with van der Waals surface area (Å²) < 4.78 is 33.4. The van der Waals surface area contributed by atoms with Crippen LogP contribution in [0.4, 0.5) is 10.5 Å². The van der Waals surface area contributed by atoms with Crippen LogP contribution in [0.1, 0.15) is 57.6 Å². The minimum Gasteiger partial charge on any atom is -0.480 e. The predicted octanol–water partition coefficient (Wildman–Crippen LogP) is 3.23. The maximum Gasteiger partial charge on any atom is 0.421 e. The van der Waals surface area contributed by atoms with Gasteiger partial charge in [0.2, 0.25) is 21.8 Å². The number of carbonyl (C=O) groups excluding carboxylic acids is 3. The first-order chi connectivity index (χ1) is 21.2. The van der Waals surface area contributed by atoms with Crippen molar-refractivity contribution in [3.05, 3.63) is 59.7 Å². The Morgan fingerprint density at radius 3 is 2.36 bits per heavy atom. The fourth-order valence-corrected chi connectivity index (χ4v) is 7.20. The van der Waals surface area contributed by atoms with E-state index in [1.807, 2.05) is 6.92 Å². The number of ether oxygens (including phenoxy) is 1. The van der Waals surface area contributed by atoms with Gasteiger partial charge in [-0.25, -0.2) is 22.9 Å². The Morgan fingerprint density at radius 2 is 1.73 bits per heavy atom. The summed E-state index contributed by atoms with van der Waals surface area (Å²) in [4.78, 5) is 53.6. The number of imide groups is 1. The summed E-state index contributed by atoms with van der Waals surface area (Å²) in [6, 6.07) is 10.2. The molecule has 0 saturated carbocycles. The Hall–Kier alpha value is -3.81. The van der Waals surface area contributed by atoms with E-state index in [1.54, 1.807) is 51.1 Å². The summed E-state index contributed by atoms with van der Waals surface area (Å²) in [5.41, 5.74) is 0.707. The number of amides is 3. The van der Waals surface area contributed by atoms with E-state index in [0.717, 1.165) is 14.8 Å². The molecule has 0 radical (unpaired) electrons. The van der Waals surface area contributed by atoms with Gasteiger partial charge in [0.25, 0.3) is 0 Å². The monoisotopic (exact) mass is 642 g/mol. The lowest BCUT2D eigenvalue weighted by Crippen LogP contribution is -2.51. The normalized spacial score (nSPS) is 18.6. The quantitative estimate of drug-likeness (QED) is 0.373. The van der Waals surface area contributed by atoms with Gasteiger partial charge in [-0.1, -0.05) is 29.8 Å². The van der Waals surface area contributed by atoms with Crippen molar-refractivity contribution in [1.82, 2.24) is 14.9 Å². The summed E-state index contributed by atoms with van der Waals surface area (Å²) in [6.07, 6.45) is 0.820. The number of benzene rings is 2. The van der Waals surface area contributed by atoms with Crippen LogP contribution >= 0.6 is 0 Å². The van der Waals surface area contributed by atoms with Crippen molar-refractivity contribution in [3.8, 4) is 0 Å². The lowest BCUT2D eigenvalue weighted by molar-refractivity contribution is -0.142. The third kappa shape index (κ3) is 8.47. The highest BCUT2D eigenvalue weighted by Gasteiger charge is 2.41. The molecular formula is C32H42N4O8S. The van der Waals surface area contributed by atoms with Gasteiger partial charge in [-0.3, -0.25) is 9.59 Å². The molecule has 2 fully saturated rings. The van der Waals surface area contributed by atoms with Gasteiger partial charge in [-0.05, 0) is 96.3 Å². The third-order valence-electron chi connectivity index (χ3n) is 7.84. The van der Waals surface area contributed by atoms with Gasteiger partial charge < -0.3 is 20.5 Å². The molecule has 3 N–H and O–H groups in total. The fourth-order valence-electron chi connectivity index (χ4n) is 5.54. The van der Waals surface area contributed by atoms with Crippen LogP contribution in [0.5, 0.6) is 0 Å². The molecule has 13 heteroatoms. The molecule has 2 aromatic carbocycles. The first kappa shape index (κ1) is 34.1. The predicted molar refractivity (Wildman–Crippen MR) is 167 cm³/mol. The molecule has 2 heterocycles. The number of carbonyl (C=O) groups is 4. The second-order valence-corrected chi connectivity index (χ2v) is 14.4. The maximum absolute atomic E-state index is 13.6. The number of carboxylic acids is 1. The molecule has 0 bridgehead atoms. The van der Waals surface area contributed by atoms with E-state index in [4.69, 9.17) is 4.74 Å². The van der Waals surface area contributed by atoms with Crippen LogP contribution in [0.25, 0.3) is 0 Å². The molecule has 2 aromatic rings. The Labute approximate surface area is 264 Å². The molecule has 3 amide bonds. The van der Waals surface area contributed by atoms with E-state index in [9.17, 15) is 32.7 Å². The van der Waals surface area contributed by atoms with Crippen LogP contribution in [-0.2, 0) is 35.6 Å². The smallest absolute Gasteiger partial charge is 0.421 e. The lowest BCUT2D eigenvalue weighted by Gasteiger charge is -2.30. The largest absolute Gasteiger partial charge is 0.480 e. The van der Waals surface area contributed by atoms with Gasteiger partial charge in [0.05, 0.1) is 10.6 Å². The summed E-state index contributed by atoms with van der Waals surface area (Å²) in [7, 11) is -3.98. The molecule has 0 aromatic heterocycles. The topological polar surface area (TPSA) is 162 Å². The zero-order valence-corrected chi connectivity index (χ0v) is 26.9. The number of sulfonamides is 1. The lowest BCUT2D eigenvalue weighted by atomic mass is 9.96. The highest BCUT2D eigenvalue weighted by molar-refractivity contribution is 7.89. The van der Waals surface area contributed by atoms with E-state index in [1.165, 1.54) is 18.2 Å². The van der Waals surface area contributed by atoms with Gasteiger partial charge in [0.1, 0.15) is 17.7 Å². The van der Waals surface area contributed by atoms with Crippen molar-refractivity contribution < 1.29 is 37.4 Å². The molecule has 45 heavy (non-hydrogen) atoms. The summed E-state index contributed by atoms with van der Waals surface area (Å²) in [6.45, 7) is 8.36. The number of rotatable bonds is 9. The Bertz CT molecular complexity index is 1510. The summed E-state index contributed by atoms with van der Waals surface area (Å²) in [5.74, 6) is -2.81. The Kier molecular flexibility index (Phi) is 10.7. The number of carboxylic acid groups (broad SMARTS) is 1. The number of nitrogens with zero attached hydrogens (tertiary/aromatic N) is 2. The maximum atomic E-state index is 13.6. The van der Waals surface area contributed by atoms with Crippen molar-refractivity contribution in [2.75, 3.05) is 24.5 Å². The van der Waals surface area contributed by atoms with E-state index in [-0.39, 0.29) is 35.9 Å². The SMILES string of the molecule is Cc1ccc(S(=O)(=O)N2CCC[C@H]2C(=O)N[C@@H](Cc2cccc(N(C(=O)OC(C)(C)C)C(=O)C3CCNCC3)c2)C(=O)O)cc1. The number of anilines is 1. The van der Waals surface area contributed by atoms with Crippen molar-refractivity contribution in [3.63, 3.8) is 0 Å². The van der Waals surface area contributed by atoms with Crippen LogP contribution in [0.3, 0.4) is 0 Å². The van der Waals surface area contributed by atoms with Crippen LogP contribution < -0.4 is 15.5 Å². The number of hydrogen-bond acceptors (Lipinski definition) is 8. The highest BCUT2D eigenvalue weighted by atomic mass is 32.2. The van der Waals surface area contributed by atoms with E-state index >= 15 is 0 Å². The third-order valence-corrected chi connectivity index (χ3v) is 9.76. The minimum atomic E-state index is -3.98. The molecule has 2 atom stereocenters. The van der Waals surface area contributed by atoms with Crippen LogP contribution in [0, 0.1) is 12.8 Å². The van der Waals surface area contributed by atoms with Crippen molar-refractivity contribution in [1.29, 1.82) is 0 Å². The van der Waals surface area contributed by atoms with Gasteiger partial charge >= 0.3 is 12.1 Å². The van der Waals surface area contributed by atoms with E-state index < -0.39 is 51.6 Å². The first-order valence-corrected chi connectivity index (χ1v) is 16.6. The summed E-state index contributed by atoms with van der Waals surface area (Å²) in [5, 5.41) is 15.7. The van der Waals surface area contributed by atoms with Crippen molar-refractivity contribution >= 4 is 39.6 Å². The molecule has 2 saturated heterocycles. The van der Waals surface area contributed by atoms with Crippen molar-refractivity contribution in [2.45, 2.75) is 82.4 Å². The Morgan fingerprint density at radius 1 is 1.07 bits per heavy atom. The molecule has 244 valence electrons. The standard InChI is InChI=1S/C32H42N4O8S/c1-21-10-12-25(13-11-21)45(42,43)35-18-6-9-27(35)28(37)34-26(30(39)40)20-22-7-5-8-24(19-22)36(31(41)44-32(2,3)4)29(38)23-14-16-33-17-15-23/h5,7-8,10-13,19,23,26-27,33H,6,9,14-18,20H2,1-4H3,(H,34,37)(H,39,40)/t26-,27-/m0/s1. The fraction of sp³-hybridized carbons (Fsp3) is 0.500. The average molecular weight is 643 g/mol. The van der Waals surface area contributed by atoms with Gasteiger partial charge in [-0.2, -0.15) is 4.31 Å². The number of nitrogens with one attached hydrogen (secondary N) is 2. The molecule has 2 aliphatic heterocycles. The van der Waals surface area contributed by atoms with E-state index in [2.05, 4.69) is 10.6 Å². The highest BCUT2D eigenvalue weighted by Crippen LogP contribution is 2.28. The second kappa shape index (κ2) is 14.1. The van der Waals surface area contributed by atoms with E-state index in [0.29, 0.717) is 37.9 Å².